The molecule has 1 N–H and O–H groups in total. The molecule has 1 aromatic carbocycles. The Labute approximate surface area is 131 Å². The molecule has 0 saturated heterocycles. The number of hydrogen-bond acceptors (Lipinski definition) is 3. The van der Waals surface area contributed by atoms with Gasteiger partial charge in [0.1, 0.15) is 5.75 Å². The van der Waals surface area contributed by atoms with Crippen molar-refractivity contribution >= 4 is 17.6 Å². The summed E-state index contributed by atoms with van der Waals surface area (Å²) >= 11 is 0. The predicted molar refractivity (Wildman–Crippen MR) is 86.3 cm³/mol. The molecule has 0 radical (unpaired) electrons. The van der Waals surface area contributed by atoms with Gasteiger partial charge in [-0.2, -0.15) is 0 Å². The maximum absolute atomic E-state index is 12.3. The van der Waals surface area contributed by atoms with Crippen LogP contribution in [-0.2, 0) is 9.59 Å². The Morgan fingerprint density at radius 3 is 2.36 bits per heavy atom. The lowest BCUT2D eigenvalue weighted by Gasteiger charge is -2.24. The van der Waals surface area contributed by atoms with Crippen LogP contribution in [0.3, 0.4) is 0 Å². The van der Waals surface area contributed by atoms with E-state index < -0.39 is 5.97 Å². The highest BCUT2D eigenvalue weighted by molar-refractivity contribution is 5.95. The van der Waals surface area contributed by atoms with Crippen molar-refractivity contribution in [1.82, 2.24) is 0 Å². The van der Waals surface area contributed by atoms with Crippen molar-refractivity contribution in [2.45, 2.75) is 40.0 Å². The lowest BCUT2D eigenvalue weighted by Crippen LogP contribution is -2.36. The zero-order valence-electron chi connectivity index (χ0n) is 13.5. The molecular formula is C17H25NO4. The third-order valence-corrected chi connectivity index (χ3v) is 3.22. The van der Waals surface area contributed by atoms with Gasteiger partial charge < -0.3 is 14.7 Å². The van der Waals surface area contributed by atoms with Crippen LogP contribution in [0.2, 0.25) is 0 Å². The zero-order chi connectivity index (χ0) is 16.5. The van der Waals surface area contributed by atoms with Gasteiger partial charge in [0.25, 0.3) is 0 Å². The van der Waals surface area contributed by atoms with E-state index in [0.29, 0.717) is 12.3 Å². The van der Waals surface area contributed by atoms with Gasteiger partial charge >= 0.3 is 5.97 Å². The van der Waals surface area contributed by atoms with E-state index >= 15 is 0 Å². The number of carboxylic acids is 1. The topological polar surface area (TPSA) is 66.8 Å². The number of hydrogen-bond donors (Lipinski definition) is 1. The molecule has 1 aromatic rings. The monoisotopic (exact) mass is 307 g/mol. The van der Waals surface area contributed by atoms with Crippen molar-refractivity contribution in [2.75, 3.05) is 18.1 Å². The van der Waals surface area contributed by atoms with Crippen molar-refractivity contribution in [1.29, 1.82) is 0 Å². The highest BCUT2D eigenvalue weighted by atomic mass is 16.5. The van der Waals surface area contributed by atoms with Crippen LogP contribution >= 0.6 is 0 Å². The van der Waals surface area contributed by atoms with E-state index in [9.17, 15) is 9.59 Å². The number of benzene rings is 1. The average Bonchev–Trinajstić information content (AvgIpc) is 2.48. The second kappa shape index (κ2) is 9.07. The molecule has 0 aliphatic carbocycles. The normalized spacial score (nSPS) is 10.5. The van der Waals surface area contributed by atoms with E-state index in [2.05, 4.69) is 6.92 Å². The number of amides is 1. The van der Waals surface area contributed by atoms with Crippen LogP contribution in [0, 0.1) is 5.92 Å². The van der Waals surface area contributed by atoms with E-state index in [0.717, 1.165) is 18.6 Å². The van der Waals surface area contributed by atoms with Crippen LogP contribution in [0.15, 0.2) is 24.3 Å². The lowest BCUT2D eigenvalue weighted by atomic mass is 10.1. The van der Waals surface area contributed by atoms with Gasteiger partial charge in [-0.25, -0.2) is 0 Å². The first-order chi connectivity index (χ1) is 10.5. The Hall–Kier alpha value is -2.04. The van der Waals surface area contributed by atoms with E-state index in [1.807, 2.05) is 12.1 Å². The fourth-order valence-corrected chi connectivity index (χ4v) is 1.94. The van der Waals surface area contributed by atoms with Gasteiger partial charge in [0, 0.05) is 18.2 Å². The molecule has 0 aliphatic rings. The highest BCUT2D eigenvalue weighted by Gasteiger charge is 2.19. The Bertz CT molecular complexity index is 482. The van der Waals surface area contributed by atoms with E-state index in [1.54, 1.807) is 26.0 Å². The smallest absolute Gasteiger partial charge is 0.305 e. The molecule has 122 valence electrons. The summed E-state index contributed by atoms with van der Waals surface area (Å²) in [6.07, 6.45) is 2.00. The predicted octanol–water partition coefficient (Wildman–Crippen LogP) is 3.33. The van der Waals surface area contributed by atoms with Crippen molar-refractivity contribution < 1.29 is 19.4 Å². The number of carboxylic acid groups (broad SMARTS) is 1. The van der Waals surface area contributed by atoms with Gasteiger partial charge in [0.05, 0.1) is 13.0 Å². The molecule has 0 aromatic heterocycles. The minimum Gasteiger partial charge on any atom is -0.494 e. The summed E-state index contributed by atoms with van der Waals surface area (Å²) in [4.78, 5) is 24.5. The SMILES string of the molecule is CCCCOc1ccc(N(CCC(=O)O)C(=O)C(C)C)cc1. The van der Waals surface area contributed by atoms with Gasteiger partial charge in [-0.3, -0.25) is 9.59 Å². The van der Waals surface area contributed by atoms with Crippen molar-refractivity contribution in [3.63, 3.8) is 0 Å². The van der Waals surface area contributed by atoms with Crippen molar-refractivity contribution in [3.8, 4) is 5.75 Å². The third kappa shape index (κ3) is 5.76. The molecule has 0 unspecified atom stereocenters. The molecule has 0 fully saturated rings. The van der Waals surface area contributed by atoms with Crippen LogP contribution in [-0.4, -0.2) is 30.1 Å². The first kappa shape index (κ1) is 18.0. The minimum absolute atomic E-state index is 0.0762. The van der Waals surface area contributed by atoms with Gasteiger partial charge in [-0.1, -0.05) is 27.2 Å². The molecule has 0 saturated carbocycles. The van der Waals surface area contributed by atoms with Crippen LogP contribution in [0.5, 0.6) is 5.75 Å². The van der Waals surface area contributed by atoms with Crippen LogP contribution < -0.4 is 9.64 Å². The van der Waals surface area contributed by atoms with E-state index in [1.165, 1.54) is 4.90 Å². The van der Waals surface area contributed by atoms with Crippen LogP contribution in [0.1, 0.15) is 40.0 Å². The Morgan fingerprint density at radius 1 is 1.23 bits per heavy atom. The number of ether oxygens (including phenoxy) is 1. The standard InChI is InChI=1S/C17H25NO4/c1-4-5-12-22-15-8-6-14(7-9-15)18(11-10-16(19)20)17(21)13(2)3/h6-9,13H,4-5,10-12H2,1-3H3,(H,19,20). The summed E-state index contributed by atoms with van der Waals surface area (Å²) < 4.78 is 5.59. The maximum Gasteiger partial charge on any atom is 0.305 e. The fraction of sp³-hybridized carbons (Fsp3) is 0.529. The van der Waals surface area contributed by atoms with E-state index in [4.69, 9.17) is 9.84 Å². The number of anilines is 1. The number of carbonyl (C=O) groups excluding carboxylic acids is 1. The van der Waals surface area contributed by atoms with Gasteiger partial charge in [-0.15, -0.1) is 0 Å². The molecule has 5 heteroatoms. The molecule has 1 amide bonds. The van der Waals surface area contributed by atoms with E-state index in [-0.39, 0.29) is 24.8 Å². The number of nitrogens with zero attached hydrogens (tertiary/aromatic N) is 1. The molecule has 1 rings (SSSR count). The largest absolute Gasteiger partial charge is 0.494 e. The molecule has 0 spiro atoms. The Kier molecular flexibility index (Phi) is 7.43. The number of carbonyl (C=O) groups is 2. The lowest BCUT2D eigenvalue weighted by molar-refractivity contribution is -0.136. The highest BCUT2D eigenvalue weighted by Crippen LogP contribution is 2.21. The Morgan fingerprint density at radius 2 is 1.86 bits per heavy atom. The number of unbranched alkanes of at least 4 members (excludes halogenated alkanes) is 1. The first-order valence-corrected chi connectivity index (χ1v) is 7.71. The summed E-state index contributed by atoms with van der Waals surface area (Å²) in [7, 11) is 0. The summed E-state index contributed by atoms with van der Waals surface area (Å²) in [6.45, 7) is 6.55. The number of aliphatic carboxylic acids is 1. The molecule has 0 bridgehead atoms. The molecular weight excluding hydrogens is 282 g/mol. The summed E-state index contributed by atoms with van der Waals surface area (Å²) in [5, 5.41) is 8.84. The first-order valence-electron chi connectivity index (χ1n) is 7.71. The average molecular weight is 307 g/mol. The Balaban J connectivity index is 2.80. The number of rotatable bonds is 9. The summed E-state index contributed by atoms with van der Waals surface area (Å²) in [5.41, 5.74) is 0.697. The van der Waals surface area contributed by atoms with Crippen molar-refractivity contribution in [3.05, 3.63) is 24.3 Å². The van der Waals surface area contributed by atoms with Gasteiger partial charge in [0.15, 0.2) is 0 Å². The summed E-state index contributed by atoms with van der Waals surface area (Å²) in [6, 6.07) is 7.21. The van der Waals surface area contributed by atoms with Gasteiger partial charge in [-0.05, 0) is 30.7 Å². The van der Waals surface area contributed by atoms with Crippen LogP contribution in [0.25, 0.3) is 0 Å². The van der Waals surface area contributed by atoms with Crippen LogP contribution in [0.4, 0.5) is 5.69 Å². The van der Waals surface area contributed by atoms with Crippen molar-refractivity contribution in [2.24, 2.45) is 5.92 Å². The molecule has 0 aliphatic heterocycles. The quantitative estimate of drug-likeness (QED) is 0.711. The summed E-state index contributed by atoms with van der Waals surface area (Å²) in [5.74, 6) is -0.427. The maximum atomic E-state index is 12.3. The molecule has 22 heavy (non-hydrogen) atoms. The molecule has 5 nitrogen and oxygen atoms in total. The zero-order valence-corrected chi connectivity index (χ0v) is 13.5. The fourth-order valence-electron chi connectivity index (χ4n) is 1.94. The second-order valence-electron chi connectivity index (χ2n) is 5.48. The third-order valence-electron chi connectivity index (χ3n) is 3.22. The minimum atomic E-state index is -0.916. The van der Waals surface area contributed by atoms with Gasteiger partial charge in [0.2, 0.25) is 5.91 Å². The molecule has 0 heterocycles. The molecule has 0 atom stereocenters. The second-order valence-corrected chi connectivity index (χ2v) is 5.48.